The Morgan fingerprint density at radius 3 is 2.47 bits per heavy atom. The van der Waals surface area contributed by atoms with Crippen molar-refractivity contribution in [3.63, 3.8) is 0 Å². The van der Waals surface area contributed by atoms with E-state index in [0.717, 1.165) is 11.1 Å². The van der Waals surface area contributed by atoms with Gasteiger partial charge in [0.25, 0.3) is 11.8 Å². The number of amides is 2. The highest BCUT2D eigenvalue weighted by molar-refractivity contribution is 9.11. The zero-order valence-corrected chi connectivity index (χ0v) is 21.7. The van der Waals surface area contributed by atoms with Crippen molar-refractivity contribution < 1.29 is 14.3 Å². The van der Waals surface area contributed by atoms with E-state index in [0.29, 0.717) is 31.6 Å². The molecule has 2 amide bonds. The largest absolute Gasteiger partial charge is 0.482 e. The van der Waals surface area contributed by atoms with E-state index in [9.17, 15) is 14.9 Å². The molecule has 0 saturated carbocycles. The molecule has 0 aliphatic heterocycles. The monoisotopic (exact) mass is 581 g/mol. The summed E-state index contributed by atoms with van der Waals surface area (Å²) in [5.74, 6) is -0.553. The van der Waals surface area contributed by atoms with Crippen LogP contribution in [0.3, 0.4) is 0 Å². The number of nitriles is 1. The van der Waals surface area contributed by atoms with E-state index >= 15 is 0 Å². The van der Waals surface area contributed by atoms with Crippen LogP contribution in [-0.4, -0.2) is 18.4 Å². The van der Waals surface area contributed by atoms with E-state index in [4.69, 9.17) is 4.74 Å². The van der Waals surface area contributed by atoms with Gasteiger partial charge >= 0.3 is 0 Å². The molecule has 0 unspecified atom stereocenters. The van der Waals surface area contributed by atoms with Crippen molar-refractivity contribution in [3.8, 4) is 11.8 Å². The number of hydrogen-bond donors (Lipinski definition) is 2. The summed E-state index contributed by atoms with van der Waals surface area (Å²) >= 11 is 6.85. The molecule has 2 N–H and O–H groups in total. The van der Waals surface area contributed by atoms with Crippen molar-refractivity contribution in [3.05, 3.63) is 91.9 Å². The SMILES string of the molecule is Cc1cccc(NC(=O)/C(C#N)=C\c2cc(Br)cc(Br)c2OCC(=O)Nc2ccccc2)c1C. The molecule has 3 rings (SSSR count). The molecule has 0 spiro atoms. The van der Waals surface area contributed by atoms with Crippen molar-refractivity contribution in [2.45, 2.75) is 13.8 Å². The molecule has 3 aromatic rings. The van der Waals surface area contributed by atoms with Crippen LogP contribution < -0.4 is 15.4 Å². The number of halogens is 2. The van der Waals surface area contributed by atoms with Crippen LogP contribution in [0.1, 0.15) is 16.7 Å². The summed E-state index contributed by atoms with van der Waals surface area (Å²) in [6.45, 7) is 3.59. The molecule has 0 aliphatic carbocycles. The van der Waals surface area contributed by atoms with Gasteiger partial charge in [-0.1, -0.05) is 46.3 Å². The number of carbonyl (C=O) groups is 2. The fourth-order valence-electron chi connectivity index (χ4n) is 3.08. The number of para-hydroxylation sites is 1. The van der Waals surface area contributed by atoms with E-state index in [-0.39, 0.29) is 18.1 Å². The van der Waals surface area contributed by atoms with Gasteiger partial charge in [0.15, 0.2) is 6.61 Å². The van der Waals surface area contributed by atoms with Gasteiger partial charge in [0.2, 0.25) is 0 Å². The average molecular weight is 583 g/mol. The first-order valence-corrected chi connectivity index (χ1v) is 11.8. The number of hydrogen-bond acceptors (Lipinski definition) is 4. The lowest BCUT2D eigenvalue weighted by Gasteiger charge is -2.13. The zero-order chi connectivity index (χ0) is 24.7. The molecule has 8 heteroatoms. The Labute approximate surface area is 214 Å². The van der Waals surface area contributed by atoms with Gasteiger partial charge in [-0.25, -0.2) is 0 Å². The van der Waals surface area contributed by atoms with Gasteiger partial charge in [0, 0.05) is 21.4 Å². The Morgan fingerprint density at radius 1 is 1.03 bits per heavy atom. The number of ether oxygens (including phenoxy) is 1. The molecule has 0 atom stereocenters. The lowest BCUT2D eigenvalue weighted by atomic mass is 10.1. The number of nitrogens with zero attached hydrogens (tertiary/aromatic N) is 1. The van der Waals surface area contributed by atoms with Gasteiger partial charge in [-0.05, 0) is 77.3 Å². The first-order valence-electron chi connectivity index (χ1n) is 10.2. The second kappa shape index (κ2) is 11.6. The molecular formula is C26H21Br2N3O3. The van der Waals surface area contributed by atoms with Crippen LogP contribution >= 0.6 is 31.9 Å². The zero-order valence-electron chi connectivity index (χ0n) is 18.5. The summed E-state index contributed by atoms with van der Waals surface area (Å²) in [7, 11) is 0. The number of anilines is 2. The maximum Gasteiger partial charge on any atom is 0.266 e. The summed E-state index contributed by atoms with van der Waals surface area (Å²) in [5.41, 5.74) is 3.59. The Balaban J connectivity index is 1.83. The molecule has 0 fully saturated rings. The maximum absolute atomic E-state index is 12.8. The van der Waals surface area contributed by atoms with Crippen LogP contribution in [0, 0.1) is 25.2 Å². The third-order valence-electron chi connectivity index (χ3n) is 4.96. The molecule has 0 aliphatic rings. The highest BCUT2D eigenvalue weighted by Gasteiger charge is 2.16. The Kier molecular flexibility index (Phi) is 8.63. The van der Waals surface area contributed by atoms with Crippen molar-refractivity contribution >= 4 is 61.1 Å². The van der Waals surface area contributed by atoms with Crippen molar-refractivity contribution in [1.82, 2.24) is 0 Å². The number of nitrogens with one attached hydrogen (secondary N) is 2. The van der Waals surface area contributed by atoms with Crippen molar-refractivity contribution in [2.24, 2.45) is 0 Å². The molecular weight excluding hydrogens is 562 g/mol. The van der Waals surface area contributed by atoms with E-state index in [2.05, 4.69) is 42.5 Å². The van der Waals surface area contributed by atoms with Gasteiger partial charge < -0.3 is 15.4 Å². The van der Waals surface area contributed by atoms with Crippen LogP contribution in [0.15, 0.2) is 75.2 Å². The minimum Gasteiger partial charge on any atom is -0.482 e. The molecule has 172 valence electrons. The van der Waals surface area contributed by atoms with Crippen LogP contribution in [0.25, 0.3) is 6.08 Å². The van der Waals surface area contributed by atoms with Crippen LogP contribution in [0.4, 0.5) is 11.4 Å². The molecule has 3 aromatic carbocycles. The third kappa shape index (κ3) is 6.56. The normalized spacial score (nSPS) is 10.9. The second-order valence-corrected chi connectivity index (χ2v) is 9.15. The summed E-state index contributed by atoms with van der Waals surface area (Å²) < 4.78 is 7.04. The minimum atomic E-state index is -0.542. The molecule has 6 nitrogen and oxygen atoms in total. The Morgan fingerprint density at radius 2 is 1.76 bits per heavy atom. The minimum absolute atomic E-state index is 0.107. The molecule has 0 saturated heterocycles. The summed E-state index contributed by atoms with van der Waals surface area (Å²) in [5, 5.41) is 15.2. The summed E-state index contributed by atoms with van der Waals surface area (Å²) in [4.78, 5) is 25.2. The lowest BCUT2D eigenvalue weighted by Crippen LogP contribution is -2.20. The van der Waals surface area contributed by atoms with E-state index in [1.165, 1.54) is 6.08 Å². The molecule has 0 bridgehead atoms. The number of rotatable bonds is 7. The van der Waals surface area contributed by atoms with E-state index in [1.807, 2.05) is 50.2 Å². The predicted octanol–water partition coefficient (Wildman–Crippen LogP) is 6.39. The third-order valence-corrected chi connectivity index (χ3v) is 6.01. The fourth-order valence-corrected chi connectivity index (χ4v) is 4.45. The number of benzene rings is 3. The molecule has 0 heterocycles. The van der Waals surface area contributed by atoms with Gasteiger partial charge in [-0.3, -0.25) is 9.59 Å². The van der Waals surface area contributed by atoms with Crippen molar-refractivity contribution in [2.75, 3.05) is 17.2 Å². The molecule has 0 aromatic heterocycles. The molecule has 0 radical (unpaired) electrons. The number of aryl methyl sites for hydroxylation is 1. The Bertz CT molecular complexity index is 1300. The Hall–Kier alpha value is -3.41. The fraction of sp³-hybridized carbons (Fsp3) is 0.115. The number of carbonyl (C=O) groups excluding carboxylic acids is 2. The first-order chi connectivity index (χ1) is 16.3. The van der Waals surface area contributed by atoms with E-state index in [1.54, 1.807) is 30.3 Å². The van der Waals surface area contributed by atoms with Gasteiger partial charge in [-0.2, -0.15) is 5.26 Å². The van der Waals surface area contributed by atoms with Crippen LogP contribution in [-0.2, 0) is 9.59 Å². The summed E-state index contributed by atoms with van der Waals surface area (Å²) in [6, 6.07) is 20.0. The lowest BCUT2D eigenvalue weighted by molar-refractivity contribution is -0.118. The smallest absolute Gasteiger partial charge is 0.266 e. The van der Waals surface area contributed by atoms with E-state index < -0.39 is 5.91 Å². The topological polar surface area (TPSA) is 91.2 Å². The molecule has 34 heavy (non-hydrogen) atoms. The quantitative estimate of drug-likeness (QED) is 0.249. The standard InChI is InChI=1S/C26H21Br2N3O3/c1-16-7-6-10-23(17(16)2)31-26(33)19(14-29)11-18-12-20(27)13-22(28)25(18)34-15-24(32)30-21-8-4-3-5-9-21/h3-13H,15H2,1-2H3,(H,30,32)(H,31,33)/b19-11-. The van der Waals surface area contributed by atoms with Crippen LogP contribution in [0.2, 0.25) is 0 Å². The first kappa shape index (κ1) is 25.2. The van der Waals surface area contributed by atoms with Crippen molar-refractivity contribution in [1.29, 1.82) is 5.26 Å². The maximum atomic E-state index is 12.8. The average Bonchev–Trinajstić information content (AvgIpc) is 2.80. The van der Waals surface area contributed by atoms with Gasteiger partial charge in [0.1, 0.15) is 17.4 Å². The van der Waals surface area contributed by atoms with Crippen LogP contribution in [0.5, 0.6) is 5.75 Å². The van der Waals surface area contributed by atoms with Gasteiger partial charge in [-0.15, -0.1) is 0 Å². The summed E-state index contributed by atoms with van der Waals surface area (Å²) in [6.07, 6.45) is 1.43. The highest BCUT2D eigenvalue weighted by Crippen LogP contribution is 2.34. The van der Waals surface area contributed by atoms with Gasteiger partial charge in [0.05, 0.1) is 4.47 Å². The predicted molar refractivity (Wildman–Crippen MR) is 141 cm³/mol. The highest BCUT2D eigenvalue weighted by atomic mass is 79.9. The second-order valence-electron chi connectivity index (χ2n) is 7.38.